The Kier molecular flexibility index (Phi) is 7.75. The summed E-state index contributed by atoms with van der Waals surface area (Å²) in [6, 6.07) is 8.71. The molecule has 1 saturated heterocycles. The fraction of sp³-hybridized carbons (Fsp3) is 0.273. The van der Waals surface area contributed by atoms with E-state index in [1.807, 2.05) is 11.4 Å². The molecular weight excluding hydrogens is 236 g/mol. The summed E-state index contributed by atoms with van der Waals surface area (Å²) in [5.74, 6) is 0.322. The minimum absolute atomic E-state index is 0.322. The van der Waals surface area contributed by atoms with E-state index in [-0.39, 0.29) is 0 Å². The summed E-state index contributed by atoms with van der Waals surface area (Å²) in [7, 11) is 0. The van der Waals surface area contributed by atoms with Gasteiger partial charge >= 0.3 is 0 Å². The number of rotatable bonds is 0. The van der Waals surface area contributed by atoms with Gasteiger partial charge in [-0.2, -0.15) is 0 Å². The van der Waals surface area contributed by atoms with Crippen LogP contribution >= 0.6 is 11.5 Å². The average Bonchev–Trinajstić information content (AvgIpc) is 3.09. The molecule has 0 unspecified atom stereocenters. The molecule has 1 aromatic carbocycles. The average molecular weight is 252 g/mol. The van der Waals surface area contributed by atoms with E-state index in [9.17, 15) is 0 Å². The van der Waals surface area contributed by atoms with Crippen LogP contribution in [0.2, 0.25) is 0 Å². The van der Waals surface area contributed by atoms with E-state index < -0.39 is 0 Å². The van der Waals surface area contributed by atoms with Gasteiger partial charge in [-0.1, -0.05) is 22.7 Å². The number of hydrogen-bond donors (Lipinski definition) is 3. The fourth-order valence-corrected chi connectivity index (χ4v) is 1.28. The van der Waals surface area contributed by atoms with E-state index in [0.29, 0.717) is 5.75 Å². The van der Waals surface area contributed by atoms with Gasteiger partial charge in [-0.15, -0.1) is 5.10 Å². The fourth-order valence-electron chi connectivity index (χ4n) is 1.01. The van der Waals surface area contributed by atoms with E-state index in [0.717, 1.165) is 19.8 Å². The number of para-hydroxylation sites is 1. The van der Waals surface area contributed by atoms with E-state index in [2.05, 4.69) is 20.2 Å². The number of hydrogen-bond acceptors (Lipinski definition) is 6. The number of nitrogens with zero attached hydrogens (tertiary/aromatic N) is 2. The molecule has 3 N–H and O–H groups in total. The zero-order chi connectivity index (χ0) is 12.2. The Morgan fingerprint density at radius 3 is 2.06 bits per heavy atom. The number of phenolic OH excluding ortho intramolecular Hbond substituents is 1. The highest BCUT2D eigenvalue weighted by Gasteiger charge is 1.90. The lowest BCUT2D eigenvalue weighted by Crippen LogP contribution is -2.11. The highest BCUT2D eigenvalue weighted by Crippen LogP contribution is 2.02. The summed E-state index contributed by atoms with van der Waals surface area (Å²) in [5.41, 5.74) is 0. The van der Waals surface area contributed by atoms with Crippen LogP contribution in [0, 0.1) is 0 Å². The second-order valence-electron chi connectivity index (χ2n) is 3.10. The molecule has 0 amide bonds. The first-order chi connectivity index (χ1) is 8.39. The lowest BCUT2D eigenvalue weighted by molar-refractivity contribution is 0.475. The number of benzene rings is 1. The summed E-state index contributed by atoms with van der Waals surface area (Å²) >= 11 is 1.35. The molecule has 5 nitrogen and oxygen atoms in total. The molecule has 1 aliphatic rings. The van der Waals surface area contributed by atoms with Crippen LogP contribution in [0.15, 0.2) is 41.9 Å². The van der Waals surface area contributed by atoms with Crippen molar-refractivity contribution in [2.45, 2.75) is 0 Å². The van der Waals surface area contributed by atoms with E-state index >= 15 is 0 Å². The molecule has 0 bridgehead atoms. The Labute approximate surface area is 105 Å². The first kappa shape index (κ1) is 13.6. The Hall–Kier alpha value is -1.50. The highest BCUT2D eigenvalue weighted by molar-refractivity contribution is 7.03. The quantitative estimate of drug-likeness (QED) is 0.654. The third-order valence-electron chi connectivity index (χ3n) is 1.77. The van der Waals surface area contributed by atoms with Crippen molar-refractivity contribution in [3.05, 3.63) is 41.9 Å². The predicted octanol–water partition coefficient (Wildman–Crippen LogP) is 1.07. The first-order valence-corrected chi connectivity index (χ1v) is 6.09. The van der Waals surface area contributed by atoms with Gasteiger partial charge < -0.3 is 15.7 Å². The van der Waals surface area contributed by atoms with Crippen molar-refractivity contribution in [2.24, 2.45) is 0 Å². The molecule has 0 atom stereocenters. The Bertz CT molecular complexity index is 326. The largest absolute Gasteiger partial charge is 0.508 e. The van der Waals surface area contributed by atoms with Gasteiger partial charge in [-0.25, -0.2) is 0 Å². The summed E-state index contributed by atoms with van der Waals surface area (Å²) in [6.45, 7) is 3.28. The summed E-state index contributed by atoms with van der Waals surface area (Å²) in [5, 5.41) is 20.2. The molecule has 0 aliphatic carbocycles. The van der Waals surface area contributed by atoms with Crippen molar-refractivity contribution >= 4 is 11.5 Å². The Morgan fingerprint density at radius 1 is 1.12 bits per heavy atom. The van der Waals surface area contributed by atoms with Crippen LogP contribution in [0.25, 0.3) is 0 Å². The monoisotopic (exact) mass is 252 g/mol. The lowest BCUT2D eigenvalue weighted by Gasteiger charge is -1.82. The standard InChI is InChI=1S/C6H6O.C3H8N2.C2H2N2S/c7-6-4-2-1-3-5-6;1-2-5-3-4-1;1-2-5-4-3-1/h1-5,7H;4-5H,1-3H2;1-2H. The summed E-state index contributed by atoms with van der Waals surface area (Å²) < 4.78 is 3.51. The molecule has 0 radical (unpaired) electrons. The number of aromatic hydroxyl groups is 1. The smallest absolute Gasteiger partial charge is 0.115 e. The molecular formula is C11H16N4OS. The van der Waals surface area contributed by atoms with Crippen molar-refractivity contribution < 1.29 is 5.11 Å². The SMILES string of the molecule is C1CNCN1.Oc1ccccc1.c1csnn1. The molecule has 17 heavy (non-hydrogen) atoms. The van der Waals surface area contributed by atoms with Crippen LogP contribution < -0.4 is 10.6 Å². The van der Waals surface area contributed by atoms with Crippen LogP contribution in [0.1, 0.15) is 0 Å². The van der Waals surface area contributed by atoms with Crippen molar-refractivity contribution in [1.82, 2.24) is 20.2 Å². The van der Waals surface area contributed by atoms with Gasteiger partial charge in [0.15, 0.2) is 0 Å². The maximum absolute atomic E-state index is 8.63. The number of phenols is 1. The zero-order valence-electron chi connectivity index (χ0n) is 9.41. The van der Waals surface area contributed by atoms with Gasteiger partial charge in [0.1, 0.15) is 5.75 Å². The zero-order valence-corrected chi connectivity index (χ0v) is 10.2. The minimum atomic E-state index is 0.322. The van der Waals surface area contributed by atoms with Gasteiger partial charge in [-0.05, 0) is 23.7 Å². The summed E-state index contributed by atoms with van der Waals surface area (Å²) in [6.07, 6.45) is 1.66. The Balaban J connectivity index is 0.000000130. The number of nitrogens with one attached hydrogen (secondary N) is 2. The van der Waals surface area contributed by atoms with Crippen LogP contribution in [-0.4, -0.2) is 34.5 Å². The molecule has 1 aromatic heterocycles. The molecule has 6 heteroatoms. The third-order valence-corrected chi connectivity index (χ3v) is 2.20. The molecule has 2 aromatic rings. The minimum Gasteiger partial charge on any atom is -0.508 e. The second kappa shape index (κ2) is 9.71. The third kappa shape index (κ3) is 8.32. The van der Waals surface area contributed by atoms with Crippen molar-refractivity contribution in [3.63, 3.8) is 0 Å². The van der Waals surface area contributed by atoms with Crippen LogP contribution in [0.5, 0.6) is 5.75 Å². The lowest BCUT2D eigenvalue weighted by atomic mass is 10.3. The topological polar surface area (TPSA) is 70.1 Å². The van der Waals surface area contributed by atoms with E-state index in [1.54, 1.807) is 30.5 Å². The molecule has 3 rings (SSSR count). The van der Waals surface area contributed by atoms with E-state index in [1.165, 1.54) is 11.5 Å². The maximum atomic E-state index is 8.63. The maximum Gasteiger partial charge on any atom is 0.115 e. The van der Waals surface area contributed by atoms with Crippen LogP contribution in [0.3, 0.4) is 0 Å². The molecule has 0 spiro atoms. The summed E-state index contributed by atoms with van der Waals surface area (Å²) in [4.78, 5) is 0. The number of aromatic nitrogens is 2. The van der Waals surface area contributed by atoms with Crippen LogP contribution in [-0.2, 0) is 0 Å². The first-order valence-electron chi connectivity index (χ1n) is 5.26. The van der Waals surface area contributed by atoms with Crippen LogP contribution in [0.4, 0.5) is 0 Å². The van der Waals surface area contributed by atoms with E-state index in [4.69, 9.17) is 5.11 Å². The second-order valence-corrected chi connectivity index (χ2v) is 3.75. The van der Waals surface area contributed by atoms with Gasteiger partial charge in [0.05, 0.1) is 6.20 Å². The molecule has 92 valence electrons. The van der Waals surface area contributed by atoms with Crippen molar-refractivity contribution in [2.75, 3.05) is 19.8 Å². The van der Waals surface area contributed by atoms with Gasteiger partial charge in [0.2, 0.25) is 0 Å². The highest BCUT2D eigenvalue weighted by atomic mass is 32.1. The van der Waals surface area contributed by atoms with Crippen molar-refractivity contribution in [3.8, 4) is 5.75 Å². The molecule has 2 heterocycles. The van der Waals surface area contributed by atoms with Gasteiger partial charge in [0.25, 0.3) is 0 Å². The van der Waals surface area contributed by atoms with Crippen molar-refractivity contribution in [1.29, 1.82) is 0 Å². The molecule has 1 fully saturated rings. The molecule has 1 aliphatic heterocycles. The van der Waals surface area contributed by atoms with Gasteiger partial charge in [-0.3, -0.25) is 0 Å². The van der Waals surface area contributed by atoms with Gasteiger partial charge in [0, 0.05) is 25.1 Å². The predicted molar refractivity (Wildman–Crippen MR) is 68.9 cm³/mol. The normalized spacial score (nSPS) is 12.9. The Morgan fingerprint density at radius 2 is 1.82 bits per heavy atom. The molecule has 0 saturated carbocycles.